The molecular weight excluding hydrogens is 166 g/mol. The van der Waals surface area contributed by atoms with Gasteiger partial charge in [-0.25, -0.2) is 0 Å². The van der Waals surface area contributed by atoms with Crippen molar-refractivity contribution in [3.63, 3.8) is 0 Å². The van der Waals surface area contributed by atoms with E-state index in [4.69, 9.17) is 0 Å². The van der Waals surface area contributed by atoms with Crippen molar-refractivity contribution in [2.24, 2.45) is 5.92 Å². The van der Waals surface area contributed by atoms with Crippen LogP contribution in [0, 0.1) is 5.92 Å². The van der Waals surface area contributed by atoms with Crippen molar-refractivity contribution in [2.45, 2.75) is 39.5 Å². The van der Waals surface area contributed by atoms with Gasteiger partial charge in [-0.1, -0.05) is 19.8 Å². The molecule has 0 saturated heterocycles. The minimum atomic E-state index is 0.0289. The summed E-state index contributed by atoms with van der Waals surface area (Å²) < 4.78 is 0. The highest BCUT2D eigenvalue weighted by Crippen LogP contribution is 2.06. The molecule has 1 atom stereocenters. The van der Waals surface area contributed by atoms with Gasteiger partial charge in [0.1, 0.15) is 6.29 Å². The van der Waals surface area contributed by atoms with Crippen molar-refractivity contribution >= 4 is 12.2 Å². The molecule has 3 nitrogen and oxygen atoms in total. The summed E-state index contributed by atoms with van der Waals surface area (Å²) in [5.74, 6) is 0.210. The number of hydrogen-bond acceptors (Lipinski definition) is 2. The first-order valence-electron chi connectivity index (χ1n) is 4.86. The van der Waals surface area contributed by atoms with Crippen LogP contribution in [0.2, 0.25) is 0 Å². The van der Waals surface area contributed by atoms with Crippen molar-refractivity contribution in [3.05, 3.63) is 0 Å². The van der Waals surface area contributed by atoms with Crippen molar-refractivity contribution in [2.75, 3.05) is 6.54 Å². The summed E-state index contributed by atoms with van der Waals surface area (Å²) >= 11 is 0. The van der Waals surface area contributed by atoms with Crippen LogP contribution in [0.4, 0.5) is 0 Å². The molecular formula is C10H19NO2. The lowest BCUT2D eigenvalue weighted by atomic mass is 10.1. The fourth-order valence-electron chi connectivity index (χ4n) is 1.10. The summed E-state index contributed by atoms with van der Waals surface area (Å²) in [6.45, 7) is 4.21. The Hall–Kier alpha value is -0.860. The van der Waals surface area contributed by atoms with Crippen molar-refractivity contribution < 1.29 is 9.59 Å². The molecule has 0 rings (SSSR count). The van der Waals surface area contributed by atoms with E-state index >= 15 is 0 Å². The van der Waals surface area contributed by atoms with E-state index in [9.17, 15) is 9.59 Å². The van der Waals surface area contributed by atoms with Crippen molar-refractivity contribution in [3.8, 4) is 0 Å². The summed E-state index contributed by atoms with van der Waals surface area (Å²) in [5.41, 5.74) is 0. The first kappa shape index (κ1) is 12.1. The van der Waals surface area contributed by atoms with E-state index in [1.807, 2.05) is 6.92 Å². The van der Waals surface area contributed by atoms with E-state index in [-0.39, 0.29) is 11.8 Å². The first-order valence-corrected chi connectivity index (χ1v) is 4.86. The Balaban J connectivity index is 3.08. The molecule has 0 aliphatic rings. The number of unbranched alkanes of at least 4 members (excludes halogenated alkanes) is 2. The average Bonchev–Trinajstić information content (AvgIpc) is 2.10. The molecule has 1 N–H and O–H groups in total. The molecule has 0 bridgehead atoms. The Morgan fingerprint density at radius 3 is 2.62 bits per heavy atom. The van der Waals surface area contributed by atoms with Gasteiger partial charge in [-0.15, -0.1) is 0 Å². The lowest BCUT2D eigenvalue weighted by Gasteiger charge is -2.03. The highest BCUT2D eigenvalue weighted by molar-refractivity contribution is 5.72. The standard InChI is InChI=1S/C10H19NO2/c1-9(8-12)6-4-3-5-7-11-10(2)13/h8-9H,3-7H2,1-2H3,(H,11,13). The SMILES string of the molecule is CC(=O)NCCCCCC(C)C=O. The highest BCUT2D eigenvalue weighted by Gasteiger charge is 1.98. The lowest BCUT2D eigenvalue weighted by Crippen LogP contribution is -2.20. The number of rotatable bonds is 7. The van der Waals surface area contributed by atoms with E-state index in [1.165, 1.54) is 6.92 Å². The van der Waals surface area contributed by atoms with Crippen LogP contribution in [-0.2, 0) is 9.59 Å². The first-order chi connectivity index (χ1) is 6.16. The molecule has 3 heteroatoms. The third-order valence-corrected chi connectivity index (χ3v) is 1.94. The van der Waals surface area contributed by atoms with Crippen LogP contribution in [0.15, 0.2) is 0 Å². The molecule has 0 aliphatic heterocycles. The third kappa shape index (κ3) is 9.05. The van der Waals surface area contributed by atoms with E-state index in [2.05, 4.69) is 5.32 Å². The number of aldehydes is 1. The molecule has 0 spiro atoms. The summed E-state index contributed by atoms with van der Waals surface area (Å²) in [6, 6.07) is 0. The Morgan fingerprint density at radius 2 is 2.08 bits per heavy atom. The maximum absolute atomic E-state index is 10.5. The second kappa shape index (κ2) is 7.77. The average molecular weight is 185 g/mol. The molecule has 1 amide bonds. The molecule has 76 valence electrons. The Morgan fingerprint density at radius 1 is 1.38 bits per heavy atom. The van der Waals surface area contributed by atoms with Gasteiger partial charge in [0.25, 0.3) is 0 Å². The topological polar surface area (TPSA) is 46.2 Å². The minimum Gasteiger partial charge on any atom is -0.356 e. The van der Waals surface area contributed by atoms with Crippen molar-refractivity contribution in [1.29, 1.82) is 0 Å². The van der Waals surface area contributed by atoms with Crippen LogP contribution in [0.1, 0.15) is 39.5 Å². The quantitative estimate of drug-likeness (QED) is 0.483. The van der Waals surface area contributed by atoms with Gasteiger partial charge < -0.3 is 10.1 Å². The van der Waals surface area contributed by atoms with E-state index in [0.717, 1.165) is 38.5 Å². The normalized spacial score (nSPS) is 12.2. The van der Waals surface area contributed by atoms with E-state index in [1.54, 1.807) is 0 Å². The van der Waals surface area contributed by atoms with Crippen LogP contribution in [0.3, 0.4) is 0 Å². The van der Waals surface area contributed by atoms with Gasteiger partial charge in [0.15, 0.2) is 0 Å². The molecule has 1 unspecified atom stereocenters. The summed E-state index contributed by atoms with van der Waals surface area (Å²) in [7, 11) is 0. The molecule has 13 heavy (non-hydrogen) atoms. The van der Waals surface area contributed by atoms with Gasteiger partial charge in [0, 0.05) is 19.4 Å². The highest BCUT2D eigenvalue weighted by atomic mass is 16.1. The molecule has 0 radical (unpaired) electrons. The largest absolute Gasteiger partial charge is 0.356 e. The summed E-state index contributed by atoms with van der Waals surface area (Å²) in [4.78, 5) is 20.7. The third-order valence-electron chi connectivity index (χ3n) is 1.94. The number of carbonyl (C=O) groups excluding carboxylic acids is 2. The van der Waals surface area contributed by atoms with Crippen molar-refractivity contribution in [1.82, 2.24) is 5.32 Å². The number of hydrogen-bond donors (Lipinski definition) is 1. The number of nitrogens with one attached hydrogen (secondary N) is 1. The maximum Gasteiger partial charge on any atom is 0.216 e. The van der Waals surface area contributed by atoms with Crippen LogP contribution in [0.25, 0.3) is 0 Å². The lowest BCUT2D eigenvalue weighted by molar-refractivity contribution is -0.119. The second-order valence-electron chi connectivity index (χ2n) is 3.45. The molecule has 0 saturated carbocycles. The monoisotopic (exact) mass is 185 g/mol. The predicted molar refractivity (Wildman–Crippen MR) is 52.4 cm³/mol. The molecule has 0 aliphatic carbocycles. The Bertz CT molecular complexity index is 157. The van der Waals surface area contributed by atoms with E-state index < -0.39 is 0 Å². The smallest absolute Gasteiger partial charge is 0.216 e. The molecule has 0 aromatic carbocycles. The van der Waals surface area contributed by atoms with Gasteiger partial charge >= 0.3 is 0 Å². The molecule has 0 aromatic rings. The van der Waals surface area contributed by atoms with Crippen LogP contribution >= 0.6 is 0 Å². The fraction of sp³-hybridized carbons (Fsp3) is 0.800. The zero-order valence-corrected chi connectivity index (χ0v) is 8.51. The minimum absolute atomic E-state index is 0.0289. The van der Waals surface area contributed by atoms with Crippen LogP contribution in [-0.4, -0.2) is 18.7 Å². The van der Waals surface area contributed by atoms with Crippen LogP contribution < -0.4 is 5.32 Å². The maximum atomic E-state index is 10.5. The van der Waals surface area contributed by atoms with Gasteiger partial charge in [-0.2, -0.15) is 0 Å². The number of carbonyl (C=O) groups is 2. The Kier molecular flexibility index (Phi) is 7.26. The Labute approximate surface area is 79.9 Å². The van der Waals surface area contributed by atoms with Gasteiger partial charge in [0.05, 0.1) is 0 Å². The molecule has 0 heterocycles. The van der Waals surface area contributed by atoms with Gasteiger partial charge in [0.2, 0.25) is 5.91 Å². The number of amides is 1. The zero-order valence-electron chi connectivity index (χ0n) is 8.51. The summed E-state index contributed by atoms with van der Waals surface area (Å²) in [5, 5.41) is 2.74. The second-order valence-corrected chi connectivity index (χ2v) is 3.45. The predicted octanol–water partition coefficient (Wildman–Crippen LogP) is 1.52. The molecule has 0 aromatic heterocycles. The molecule has 0 fully saturated rings. The van der Waals surface area contributed by atoms with Gasteiger partial charge in [-0.3, -0.25) is 4.79 Å². The summed E-state index contributed by atoms with van der Waals surface area (Å²) in [6.07, 6.45) is 5.11. The zero-order chi connectivity index (χ0) is 10.1. The van der Waals surface area contributed by atoms with E-state index in [0.29, 0.717) is 0 Å². The van der Waals surface area contributed by atoms with Crippen LogP contribution in [0.5, 0.6) is 0 Å². The van der Waals surface area contributed by atoms with Gasteiger partial charge in [-0.05, 0) is 12.8 Å². The fourth-order valence-corrected chi connectivity index (χ4v) is 1.10.